The number of aromatic nitrogens is 1. The van der Waals surface area contributed by atoms with Crippen molar-refractivity contribution in [3.05, 3.63) is 42.5 Å². The van der Waals surface area contributed by atoms with E-state index in [-0.39, 0.29) is 4.90 Å². The summed E-state index contributed by atoms with van der Waals surface area (Å²) in [5.41, 5.74) is 1.41. The van der Waals surface area contributed by atoms with Crippen molar-refractivity contribution in [2.45, 2.75) is 23.1 Å². The summed E-state index contributed by atoms with van der Waals surface area (Å²) >= 11 is 3.31. The van der Waals surface area contributed by atoms with Gasteiger partial charge in [0.15, 0.2) is 4.34 Å². The van der Waals surface area contributed by atoms with Crippen molar-refractivity contribution in [2.24, 2.45) is 5.92 Å². The zero-order valence-corrected chi connectivity index (χ0v) is 17.2. The molecule has 0 aliphatic heterocycles. The molecule has 8 heteroatoms. The molecule has 0 bridgehead atoms. The first-order chi connectivity index (χ1) is 12.4. The normalized spacial score (nSPS) is 11.8. The van der Waals surface area contributed by atoms with Crippen molar-refractivity contribution in [1.82, 2.24) is 4.98 Å². The number of hydrogen-bond acceptors (Lipinski definition) is 6. The van der Waals surface area contributed by atoms with Gasteiger partial charge in [-0.25, -0.2) is 13.4 Å². The molecular weight excluding hydrogens is 388 g/mol. The standard InChI is InChI=1S/C18H20N2O3S3/c1-12(2)11-24-18-19-16-9-4-13(10-17(16)25-18)20-26(21,22)15-7-5-14(23-3)6-8-15/h4-10,12,20H,11H2,1-3H3. The number of rotatable bonds is 7. The monoisotopic (exact) mass is 408 g/mol. The Morgan fingerprint density at radius 3 is 2.58 bits per heavy atom. The molecule has 0 atom stereocenters. The molecule has 3 aromatic rings. The Labute approximate surface area is 161 Å². The van der Waals surface area contributed by atoms with E-state index in [0.717, 1.165) is 20.3 Å². The van der Waals surface area contributed by atoms with Gasteiger partial charge in [-0.3, -0.25) is 4.72 Å². The van der Waals surface area contributed by atoms with Gasteiger partial charge in [-0.05, 0) is 48.4 Å². The molecule has 3 rings (SSSR count). The fourth-order valence-electron chi connectivity index (χ4n) is 2.24. The minimum atomic E-state index is -3.65. The number of thioether (sulfide) groups is 1. The lowest BCUT2D eigenvalue weighted by Crippen LogP contribution is -2.12. The highest BCUT2D eigenvalue weighted by Gasteiger charge is 2.15. The summed E-state index contributed by atoms with van der Waals surface area (Å²) in [6, 6.07) is 11.7. The maximum Gasteiger partial charge on any atom is 0.261 e. The molecule has 1 heterocycles. The van der Waals surface area contributed by atoms with Gasteiger partial charge in [-0.1, -0.05) is 25.6 Å². The highest BCUT2D eigenvalue weighted by molar-refractivity contribution is 8.01. The molecule has 0 amide bonds. The number of nitrogens with zero attached hydrogens (tertiary/aromatic N) is 1. The summed E-state index contributed by atoms with van der Waals surface area (Å²) in [6.07, 6.45) is 0. The highest BCUT2D eigenvalue weighted by Crippen LogP contribution is 2.32. The maximum absolute atomic E-state index is 12.6. The molecule has 1 aromatic heterocycles. The van der Waals surface area contributed by atoms with Gasteiger partial charge < -0.3 is 4.74 Å². The van der Waals surface area contributed by atoms with E-state index in [0.29, 0.717) is 17.4 Å². The molecule has 2 aromatic carbocycles. The molecule has 0 radical (unpaired) electrons. The van der Waals surface area contributed by atoms with Crippen LogP contribution in [-0.4, -0.2) is 26.3 Å². The first kappa shape index (κ1) is 19.0. The fraction of sp³-hybridized carbons (Fsp3) is 0.278. The molecule has 26 heavy (non-hydrogen) atoms. The largest absolute Gasteiger partial charge is 0.497 e. The number of fused-ring (bicyclic) bond motifs is 1. The van der Waals surface area contributed by atoms with Gasteiger partial charge in [-0.15, -0.1) is 11.3 Å². The number of hydrogen-bond donors (Lipinski definition) is 1. The van der Waals surface area contributed by atoms with E-state index in [1.165, 1.54) is 12.1 Å². The van der Waals surface area contributed by atoms with Crippen LogP contribution in [0.1, 0.15) is 13.8 Å². The van der Waals surface area contributed by atoms with Crippen molar-refractivity contribution in [2.75, 3.05) is 17.6 Å². The van der Waals surface area contributed by atoms with Crippen LogP contribution in [0, 0.1) is 5.92 Å². The third kappa shape index (κ3) is 4.49. The van der Waals surface area contributed by atoms with Crippen molar-refractivity contribution >= 4 is 49.0 Å². The van der Waals surface area contributed by atoms with Crippen LogP contribution in [0.5, 0.6) is 5.75 Å². The number of thiazole rings is 1. The van der Waals surface area contributed by atoms with Crippen LogP contribution in [0.25, 0.3) is 10.2 Å². The van der Waals surface area contributed by atoms with Gasteiger partial charge in [0.25, 0.3) is 10.0 Å². The van der Waals surface area contributed by atoms with Crippen LogP contribution in [0.3, 0.4) is 0 Å². The second kappa shape index (κ2) is 7.85. The summed E-state index contributed by atoms with van der Waals surface area (Å²) < 4.78 is 34.8. The third-order valence-electron chi connectivity index (χ3n) is 3.53. The molecule has 0 fully saturated rings. The minimum Gasteiger partial charge on any atom is -0.497 e. The van der Waals surface area contributed by atoms with E-state index in [9.17, 15) is 8.42 Å². The van der Waals surface area contributed by atoms with Crippen molar-refractivity contribution in [1.29, 1.82) is 0 Å². The molecule has 1 N–H and O–H groups in total. The Morgan fingerprint density at radius 2 is 1.92 bits per heavy atom. The van der Waals surface area contributed by atoms with Gasteiger partial charge >= 0.3 is 0 Å². The van der Waals surface area contributed by atoms with Crippen molar-refractivity contribution in [3.63, 3.8) is 0 Å². The second-order valence-electron chi connectivity index (χ2n) is 6.15. The Bertz CT molecular complexity index is 996. The first-order valence-electron chi connectivity index (χ1n) is 8.07. The van der Waals surface area contributed by atoms with E-state index >= 15 is 0 Å². The van der Waals surface area contributed by atoms with Crippen molar-refractivity contribution < 1.29 is 13.2 Å². The SMILES string of the molecule is COc1ccc(S(=O)(=O)Nc2ccc3nc(SCC(C)C)sc3c2)cc1. The number of methoxy groups -OCH3 is 1. The zero-order chi connectivity index (χ0) is 18.7. The zero-order valence-electron chi connectivity index (χ0n) is 14.7. The molecule has 0 saturated carbocycles. The van der Waals surface area contributed by atoms with E-state index in [2.05, 4.69) is 23.6 Å². The summed E-state index contributed by atoms with van der Waals surface area (Å²) in [6.45, 7) is 4.35. The van der Waals surface area contributed by atoms with E-state index in [1.807, 2.05) is 12.1 Å². The number of ether oxygens (including phenoxy) is 1. The predicted octanol–water partition coefficient (Wildman–Crippen LogP) is 4.85. The number of anilines is 1. The molecular formula is C18H20N2O3S3. The third-order valence-corrected chi connectivity index (χ3v) is 7.52. The first-order valence-corrected chi connectivity index (χ1v) is 11.4. The number of sulfonamides is 1. The molecule has 0 aliphatic carbocycles. The Balaban J connectivity index is 1.80. The number of nitrogens with one attached hydrogen (secondary N) is 1. The Hall–Kier alpha value is -1.77. The molecule has 0 aliphatic rings. The molecule has 138 valence electrons. The Morgan fingerprint density at radius 1 is 1.19 bits per heavy atom. The van der Waals surface area contributed by atoms with E-state index < -0.39 is 10.0 Å². The second-order valence-corrected chi connectivity index (χ2v) is 10.1. The molecule has 0 saturated heterocycles. The smallest absolute Gasteiger partial charge is 0.261 e. The van der Waals surface area contributed by atoms with Gasteiger partial charge in [0.1, 0.15) is 5.75 Å². The molecule has 5 nitrogen and oxygen atoms in total. The Kier molecular flexibility index (Phi) is 5.74. The van der Waals surface area contributed by atoms with Crippen LogP contribution < -0.4 is 9.46 Å². The van der Waals surface area contributed by atoms with Gasteiger partial charge in [-0.2, -0.15) is 0 Å². The fourth-order valence-corrected chi connectivity index (χ4v) is 5.37. The maximum atomic E-state index is 12.6. The lowest BCUT2D eigenvalue weighted by atomic mass is 10.3. The quantitative estimate of drug-likeness (QED) is 0.566. The van der Waals surface area contributed by atoms with Crippen LogP contribution >= 0.6 is 23.1 Å². The lowest BCUT2D eigenvalue weighted by molar-refractivity contribution is 0.414. The predicted molar refractivity (Wildman–Crippen MR) is 109 cm³/mol. The van der Waals surface area contributed by atoms with E-state index in [1.54, 1.807) is 48.4 Å². The van der Waals surface area contributed by atoms with Crippen LogP contribution in [0.2, 0.25) is 0 Å². The lowest BCUT2D eigenvalue weighted by Gasteiger charge is -2.08. The summed E-state index contributed by atoms with van der Waals surface area (Å²) in [7, 11) is -2.11. The average molecular weight is 409 g/mol. The topological polar surface area (TPSA) is 68.3 Å². The van der Waals surface area contributed by atoms with Gasteiger partial charge in [0.05, 0.1) is 27.9 Å². The molecule has 0 unspecified atom stereocenters. The average Bonchev–Trinajstić information content (AvgIpc) is 3.02. The summed E-state index contributed by atoms with van der Waals surface area (Å²) in [5, 5.41) is 0. The summed E-state index contributed by atoms with van der Waals surface area (Å²) in [5.74, 6) is 2.22. The highest BCUT2D eigenvalue weighted by atomic mass is 32.2. The van der Waals surface area contributed by atoms with Gasteiger partial charge in [0, 0.05) is 5.75 Å². The van der Waals surface area contributed by atoms with E-state index in [4.69, 9.17) is 4.74 Å². The van der Waals surface area contributed by atoms with Crippen LogP contribution in [0.15, 0.2) is 51.7 Å². The summed E-state index contributed by atoms with van der Waals surface area (Å²) in [4.78, 5) is 4.78. The van der Waals surface area contributed by atoms with Gasteiger partial charge in [0.2, 0.25) is 0 Å². The minimum absolute atomic E-state index is 0.191. The van der Waals surface area contributed by atoms with Crippen LogP contribution in [-0.2, 0) is 10.0 Å². The molecule has 0 spiro atoms. The van der Waals surface area contributed by atoms with Crippen LogP contribution in [0.4, 0.5) is 5.69 Å². The van der Waals surface area contributed by atoms with Crippen molar-refractivity contribution in [3.8, 4) is 5.75 Å². The number of benzene rings is 2.